The summed E-state index contributed by atoms with van der Waals surface area (Å²) in [5.41, 5.74) is 1.89. The van der Waals surface area contributed by atoms with Crippen LogP contribution in [0.5, 0.6) is 5.75 Å². The Labute approximate surface area is 236 Å². The molecular formula is C31H31ClF2N2O4. The SMILES string of the molecule is CNC(=O)c1cc2c(c(F)c1-c1c(Cl)c(F)cc3c1C[C@](c1ccccc1)([C@@H]1CCCN1)O3)CC(OCCO)C2. The van der Waals surface area contributed by atoms with Gasteiger partial charge in [-0.15, -0.1) is 0 Å². The minimum Gasteiger partial charge on any atom is -0.480 e. The normalized spacial score (nSPS) is 23.1. The molecule has 0 bridgehead atoms. The number of amides is 1. The molecule has 1 unspecified atom stereocenters. The average molecular weight is 569 g/mol. The lowest BCUT2D eigenvalue weighted by atomic mass is 9.80. The topological polar surface area (TPSA) is 79.8 Å². The number of nitrogens with one attached hydrogen (secondary N) is 2. The first-order valence-electron chi connectivity index (χ1n) is 13.7. The molecule has 40 heavy (non-hydrogen) atoms. The van der Waals surface area contributed by atoms with Gasteiger partial charge in [-0.2, -0.15) is 0 Å². The fourth-order valence-corrected chi connectivity index (χ4v) is 6.87. The molecule has 1 fully saturated rings. The van der Waals surface area contributed by atoms with Crippen molar-refractivity contribution < 1.29 is 28.2 Å². The van der Waals surface area contributed by atoms with Gasteiger partial charge in [0.15, 0.2) is 5.60 Å². The van der Waals surface area contributed by atoms with E-state index in [1.54, 1.807) is 6.07 Å². The van der Waals surface area contributed by atoms with E-state index in [1.165, 1.54) is 13.1 Å². The molecule has 3 aliphatic rings. The summed E-state index contributed by atoms with van der Waals surface area (Å²) in [5, 5.41) is 15.1. The average Bonchev–Trinajstić information content (AvgIpc) is 3.72. The zero-order valence-corrected chi connectivity index (χ0v) is 22.9. The number of rotatable bonds is 7. The second-order valence-electron chi connectivity index (χ2n) is 10.7. The Morgan fingerprint density at radius 2 is 2.00 bits per heavy atom. The molecule has 0 radical (unpaired) electrons. The summed E-state index contributed by atoms with van der Waals surface area (Å²) in [6.07, 6.45) is 2.50. The van der Waals surface area contributed by atoms with Gasteiger partial charge in [0.05, 0.1) is 35.9 Å². The van der Waals surface area contributed by atoms with E-state index in [2.05, 4.69) is 10.6 Å². The van der Waals surface area contributed by atoms with Crippen molar-refractivity contribution in [3.05, 3.63) is 86.9 Å². The first kappa shape index (κ1) is 27.1. The Morgan fingerprint density at radius 3 is 2.70 bits per heavy atom. The van der Waals surface area contributed by atoms with Gasteiger partial charge in [0.2, 0.25) is 0 Å². The lowest BCUT2D eigenvalue weighted by Gasteiger charge is -2.35. The van der Waals surface area contributed by atoms with Crippen molar-refractivity contribution in [1.29, 1.82) is 0 Å². The summed E-state index contributed by atoms with van der Waals surface area (Å²) in [6, 6.07) is 12.6. The molecule has 1 saturated heterocycles. The van der Waals surface area contributed by atoms with Gasteiger partial charge in [-0.1, -0.05) is 41.9 Å². The van der Waals surface area contributed by atoms with Crippen LogP contribution >= 0.6 is 11.6 Å². The Morgan fingerprint density at radius 1 is 1.20 bits per heavy atom. The van der Waals surface area contributed by atoms with E-state index in [4.69, 9.17) is 21.1 Å². The van der Waals surface area contributed by atoms with Crippen molar-refractivity contribution in [1.82, 2.24) is 10.6 Å². The number of hydrogen-bond donors (Lipinski definition) is 3. The van der Waals surface area contributed by atoms with Crippen molar-refractivity contribution in [3.8, 4) is 16.9 Å². The van der Waals surface area contributed by atoms with Crippen molar-refractivity contribution in [2.24, 2.45) is 0 Å². The molecule has 6 nitrogen and oxygen atoms in total. The predicted molar refractivity (Wildman–Crippen MR) is 148 cm³/mol. The van der Waals surface area contributed by atoms with Gasteiger partial charge in [0.25, 0.3) is 5.91 Å². The van der Waals surface area contributed by atoms with Crippen LogP contribution in [0.1, 0.15) is 45.5 Å². The van der Waals surface area contributed by atoms with E-state index in [9.17, 15) is 9.90 Å². The molecule has 0 aromatic heterocycles. The van der Waals surface area contributed by atoms with Crippen molar-refractivity contribution in [2.45, 2.75) is 49.9 Å². The molecule has 2 aliphatic heterocycles. The standard InChI is InChI=1S/C31H31ClF2N2O4/c1-35-30(38)21-13-17-12-19(39-11-10-37)14-20(17)29(34)27(21)26-22-16-31(25-8-5-9-36-25,18-6-3-2-4-7-18)40-24(22)15-23(33)28(26)32/h2-4,6-7,13,15,19,25,36-37H,5,8-12,14,16H2,1H3,(H,35,38)/t19?,25-,31-/m0/s1. The molecule has 0 saturated carbocycles. The zero-order chi connectivity index (χ0) is 28.0. The molecule has 2 heterocycles. The molecule has 9 heteroatoms. The second-order valence-corrected chi connectivity index (χ2v) is 11.0. The number of carbonyl (C=O) groups excluding carboxylic acids is 1. The second kappa shape index (κ2) is 10.7. The summed E-state index contributed by atoms with van der Waals surface area (Å²) >= 11 is 6.65. The van der Waals surface area contributed by atoms with Crippen LogP contribution < -0.4 is 15.4 Å². The number of halogens is 3. The maximum atomic E-state index is 16.6. The third-order valence-electron chi connectivity index (χ3n) is 8.41. The molecule has 3 atom stereocenters. The highest BCUT2D eigenvalue weighted by Gasteiger charge is 2.50. The number of ether oxygens (including phenoxy) is 2. The minimum atomic E-state index is -0.852. The number of carbonyl (C=O) groups is 1. The maximum Gasteiger partial charge on any atom is 0.251 e. The lowest BCUT2D eigenvalue weighted by Crippen LogP contribution is -2.48. The Balaban J connectivity index is 1.54. The van der Waals surface area contributed by atoms with Gasteiger partial charge in [-0.3, -0.25) is 4.79 Å². The fraction of sp³-hybridized carbons (Fsp3) is 0.387. The summed E-state index contributed by atoms with van der Waals surface area (Å²) < 4.78 is 44.4. The van der Waals surface area contributed by atoms with Crippen LogP contribution in [0.15, 0.2) is 42.5 Å². The number of hydrogen-bond acceptors (Lipinski definition) is 5. The Bertz CT molecular complexity index is 1460. The van der Waals surface area contributed by atoms with Crippen LogP contribution in [-0.4, -0.2) is 50.0 Å². The largest absolute Gasteiger partial charge is 0.480 e. The van der Waals surface area contributed by atoms with Crippen LogP contribution in [-0.2, 0) is 29.6 Å². The van der Waals surface area contributed by atoms with Gasteiger partial charge in [0.1, 0.15) is 17.4 Å². The molecule has 1 aliphatic carbocycles. The molecule has 210 valence electrons. The monoisotopic (exact) mass is 568 g/mol. The fourth-order valence-electron chi connectivity index (χ4n) is 6.61. The van der Waals surface area contributed by atoms with E-state index in [1.807, 2.05) is 30.3 Å². The number of fused-ring (bicyclic) bond motifs is 2. The first-order chi connectivity index (χ1) is 19.4. The van der Waals surface area contributed by atoms with Gasteiger partial charge in [0, 0.05) is 42.6 Å². The van der Waals surface area contributed by atoms with Crippen LogP contribution in [0.25, 0.3) is 11.1 Å². The number of benzene rings is 3. The highest BCUT2D eigenvalue weighted by molar-refractivity contribution is 6.34. The van der Waals surface area contributed by atoms with Crippen LogP contribution in [0, 0.1) is 11.6 Å². The Kier molecular flexibility index (Phi) is 7.29. The first-order valence-corrected chi connectivity index (χ1v) is 14.0. The summed E-state index contributed by atoms with van der Waals surface area (Å²) in [4.78, 5) is 13.1. The summed E-state index contributed by atoms with van der Waals surface area (Å²) in [7, 11) is 1.47. The molecule has 3 aromatic carbocycles. The third kappa shape index (κ3) is 4.38. The van der Waals surface area contributed by atoms with Crippen LogP contribution in [0.2, 0.25) is 5.02 Å². The quantitative estimate of drug-likeness (QED) is 0.385. The molecular weight excluding hydrogens is 538 g/mol. The lowest BCUT2D eigenvalue weighted by molar-refractivity contribution is 0.0347. The molecule has 3 aromatic rings. The van der Waals surface area contributed by atoms with Crippen molar-refractivity contribution in [2.75, 3.05) is 26.8 Å². The smallest absolute Gasteiger partial charge is 0.251 e. The van der Waals surface area contributed by atoms with E-state index in [0.717, 1.165) is 24.9 Å². The molecule has 0 spiro atoms. The van der Waals surface area contributed by atoms with Crippen LogP contribution in [0.4, 0.5) is 8.78 Å². The van der Waals surface area contributed by atoms with Gasteiger partial charge in [-0.05, 0) is 48.6 Å². The van der Waals surface area contributed by atoms with Crippen LogP contribution in [0.3, 0.4) is 0 Å². The van der Waals surface area contributed by atoms with E-state index < -0.39 is 23.1 Å². The third-order valence-corrected chi connectivity index (χ3v) is 8.78. The number of aliphatic hydroxyl groups is 1. The predicted octanol–water partition coefficient (Wildman–Crippen LogP) is 4.70. The molecule has 6 rings (SSSR count). The van der Waals surface area contributed by atoms with E-state index in [0.29, 0.717) is 35.3 Å². The summed E-state index contributed by atoms with van der Waals surface area (Å²) in [6.45, 7) is 0.821. The zero-order valence-electron chi connectivity index (χ0n) is 22.2. The van der Waals surface area contributed by atoms with Gasteiger partial charge in [-0.25, -0.2) is 8.78 Å². The maximum absolute atomic E-state index is 16.6. The minimum absolute atomic E-state index is 0.0338. The van der Waals surface area contributed by atoms with Gasteiger partial charge >= 0.3 is 0 Å². The molecule has 3 N–H and O–H groups in total. The van der Waals surface area contributed by atoms with E-state index >= 15 is 8.78 Å². The van der Waals surface area contributed by atoms with Crippen molar-refractivity contribution >= 4 is 17.5 Å². The highest BCUT2D eigenvalue weighted by atomic mass is 35.5. The summed E-state index contributed by atoms with van der Waals surface area (Å²) in [5.74, 6) is -1.57. The number of aliphatic hydroxyl groups excluding tert-OH is 1. The molecule has 1 amide bonds. The van der Waals surface area contributed by atoms with E-state index in [-0.39, 0.29) is 53.5 Å². The van der Waals surface area contributed by atoms with Gasteiger partial charge < -0.3 is 25.2 Å². The highest BCUT2D eigenvalue weighted by Crippen LogP contribution is 2.52. The van der Waals surface area contributed by atoms with Crippen molar-refractivity contribution in [3.63, 3.8) is 0 Å². The Hall–Kier alpha value is -3.04.